The van der Waals surface area contributed by atoms with Gasteiger partial charge in [-0.25, -0.2) is 0 Å². The second kappa shape index (κ2) is 2.74. The molecule has 0 saturated carbocycles. The first-order valence-electron chi connectivity index (χ1n) is 5.12. The molecule has 0 bridgehead atoms. The molecule has 1 saturated heterocycles. The van der Waals surface area contributed by atoms with Crippen LogP contribution in [0.5, 0.6) is 5.75 Å². The van der Waals surface area contributed by atoms with Crippen molar-refractivity contribution in [1.29, 1.82) is 0 Å². The monoisotopic (exact) mass is 221 g/mol. The lowest BCUT2D eigenvalue weighted by atomic mass is 9.94. The molecule has 0 aliphatic carbocycles. The summed E-state index contributed by atoms with van der Waals surface area (Å²) in [6.07, 6.45) is -0.0272. The van der Waals surface area contributed by atoms with Gasteiger partial charge in [-0.2, -0.15) is 0 Å². The van der Waals surface area contributed by atoms with E-state index in [1.807, 2.05) is 13.8 Å². The molecule has 84 valence electrons. The quantitative estimate of drug-likeness (QED) is 0.414. The Bertz CT molecular complexity index is 483. The van der Waals surface area contributed by atoms with Crippen LogP contribution in [-0.2, 0) is 4.74 Å². The van der Waals surface area contributed by atoms with Crippen LogP contribution in [0.4, 0.5) is 5.69 Å². The van der Waals surface area contributed by atoms with Crippen LogP contribution in [0.2, 0.25) is 0 Å². The van der Waals surface area contributed by atoms with Crippen molar-refractivity contribution < 1.29 is 14.4 Å². The molecule has 2 aliphatic heterocycles. The highest BCUT2D eigenvalue weighted by Crippen LogP contribution is 2.54. The Morgan fingerprint density at radius 3 is 2.88 bits per heavy atom. The Hall–Kier alpha value is -1.62. The minimum Gasteiger partial charge on any atom is -0.485 e. The summed E-state index contributed by atoms with van der Waals surface area (Å²) in [6.45, 7) is 3.92. The second-order valence-corrected chi connectivity index (χ2v) is 4.66. The van der Waals surface area contributed by atoms with Gasteiger partial charge in [0.15, 0.2) is 0 Å². The summed E-state index contributed by atoms with van der Waals surface area (Å²) < 4.78 is 11.3. The minimum absolute atomic E-state index is 0.0157. The molecule has 0 aromatic heterocycles. The maximum absolute atomic E-state index is 10.7. The molecule has 2 atom stereocenters. The molecule has 1 aromatic carbocycles. The number of nitro groups is 1. The van der Waals surface area contributed by atoms with Gasteiger partial charge in [-0.15, -0.1) is 0 Å². The number of non-ortho nitro benzene ring substituents is 1. The highest BCUT2D eigenvalue weighted by atomic mass is 16.6. The van der Waals surface area contributed by atoms with Gasteiger partial charge in [0.1, 0.15) is 23.6 Å². The third kappa shape index (κ3) is 1.21. The number of rotatable bonds is 1. The average Bonchev–Trinajstić information content (AvgIpc) is 2.97. The van der Waals surface area contributed by atoms with E-state index in [9.17, 15) is 10.1 Å². The molecule has 2 aliphatic rings. The number of nitrogens with zero attached hydrogens (tertiary/aromatic N) is 1. The third-order valence-electron chi connectivity index (χ3n) is 3.06. The van der Waals surface area contributed by atoms with Crippen molar-refractivity contribution >= 4 is 5.69 Å². The van der Waals surface area contributed by atoms with Crippen molar-refractivity contribution in [3.05, 3.63) is 33.9 Å². The zero-order valence-corrected chi connectivity index (χ0v) is 8.97. The van der Waals surface area contributed by atoms with Gasteiger partial charge in [-0.3, -0.25) is 10.1 Å². The predicted molar refractivity (Wildman–Crippen MR) is 55.4 cm³/mol. The van der Waals surface area contributed by atoms with Gasteiger partial charge in [-0.1, -0.05) is 0 Å². The molecular weight excluding hydrogens is 210 g/mol. The fourth-order valence-electron chi connectivity index (χ4n) is 2.18. The fraction of sp³-hybridized carbons (Fsp3) is 0.455. The lowest BCUT2D eigenvalue weighted by Crippen LogP contribution is -2.37. The zero-order valence-electron chi connectivity index (χ0n) is 8.97. The Morgan fingerprint density at radius 2 is 2.19 bits per heavy atom. The molecule has 2 unspecified atom stereocenters. The number of nitro benzene ring substituents is 1. The summed E-state index contributed by atoms with van der Waals surface area (Å²) in [5.41, 5.74) is 0.517. The molecule has 1 fully saturated rings. The van der Waals surface area contributed by atoms with Crippen LogP contribution in [0.15, 0.2) is 18.2 Å². The topological polar surface area (TPSA) is 64.9 Å². The summed E-state index contributed by atoms with van der Waals surface area (Å²) >= 11 is 0. The lowest BCUT2D eigenvalue weighted by Gasteiger charge is -2.29. The molecule has 5 nitrogen and oxygen atoms in total. The van der Waals surface area contributed by atoms with Crippen molar-refractivity contribution in [2.45, 2.75) is 31.7 Å². The molecule has 3 rings (SSSR count). The van der Waals surface area contributed by atoms with Crippen molar-refractivity contribution in [2.75, 3.05) is 0 Å². The van der Waals surface area contributed by atoms with Crippen molar-refractivity contribution in [3.8, 4) is 5.75 Å². The summed E-state index contributed by atoms with van der Waals surface area (Å²) in [5, 5.41) is 10.7. The van der Waals surface area contributed by atoms with Gasteiger partial charge >= 0.3 is 0 Å². The SMILES string of the molecule is CC1(C)Oc2ccc([N+](=O)[O-])cc2C2OC21. The van der Waals surface area contributed by atoms with Crippen LogP contribution in [0, 0.1) is 10.1 Å². The van der Waals surface area contributed by atoms with Gasteiger partial charge in [0.05, 0.1) is 4.92 Å². The van der Waals surface area contributed by atoms with Gasteiger partial charge < -0.3 is 9.47 Å². The van der Waals surface area contributed by atoms with Crippen LogP contribution < -0.4 is 4.74 Å². The Labute approximate surface area is 92.1 Å². The highest BCUT2D eigenvalue weighted by Gasteiger charge is 2.56. The summed E-state index contributed by atoms with van der Waals surface area (Å²) in [5.74, 6) is 0.689. The van der Waals surface area contributed by atoms with E-state index in [-0.39, 0.29) is 23.5 Å². The predicted octanol–water partition coefficient (Wildman–Crippen LogP) is 2.21. The Kier molecular flexibility index (Phi) is 1.64. The highest BCUT2D eigenvalue weighted by molar-refractivity contribution is 5.49. The lowest BCUT2D eigenvalue weighted by molar-refractivity contribution is -0.385. The van der Waals surface area contributed by atoms with Crippen molar-refractivity contribution in [3.63, 3.8) is 0 Å². The number of hydrogen-bond acceptors (Lipinski definition) is 4. The van der Waals surface area contributed by atoms with Crippen LogP contribution >= 0.6 is 0 Å². The van der Waals surface area contributed by atoms with E-state index in [1.165, 1.54) is 12.1 Å². The van der Waals surface area contributed by atoms with Crippen molar-refractivity contribution in [1.82, 2.24) is 0 Å². The minimum atomic E-state index is -0.405. The van der Waals surface area contributed by atoms with E-state index in [1.54, 1.807) is 6.07 Å². The van der Waals surface area contributed by atoms with E-state index < -0.39 is 4.92 Å². The molecule has 2 heterocycles. The number of epoxide rings is 1. The summed E-state index contributed by atoms with van der Waals surface area (Å²) in [4.78, 5) is 10.3. The molecule has 5 heteroatoms. The largest absolute Gasteiger partial charge is 0.485 e. The van der Waals surface area contributed by atoms with Crippen LogP contribution in [0.25, 0.3) is 0 Å². The summed E-state index contributed by atoms with van der Waals surface area (Å²) in [6, 6.07) is 4.64. The number of benzene rings is 1. The number of ether oxygens (including phenoxy) is 2. The fourth-order valence-corrected chi connectivity index (χ4v) is 2.18. The van der Waals surface area contributed by atoms with Gasteiger partial charge in [0, 0.05) is 17.7 Å². The van der Waals surface area contributed by atoms with E-state index in [0.717, 1.165) is 5.56 Å². The van der Waals surface area contributed by atoms with Gasteiger partial charge in [0.25, 0.3) is 5.69 Å². The van der Waals surface area contributed by atoms with E-state index in [4.69, 9.17) is 9.47 Å². The smallest absolute Gasteiger partial charge is 0.270 e. The maximum atomic E-state index is 10.7. The molecular formula is C11H11NO4. The van der Waals surface area contributed by atoms with Gasteiger partial charge in [-0.05, 0) is 19.9 Å². The van der Waals surface area contributed by atoms with Crippen molar-refractivity contribution in [2.24, 2.45) is 0 Å². The van der Waals surface area contributed by atoms with Gasteiger partial charge in [0.2, 0.25) is 0 Å². The first-order valence-corrected chi connectivity index (χ1v) is 5.12. The standard InChI is InChI=1S/C11H11NO4/c1-11(2)10-9(15-10)7-5-6(12(13)14)3-4-8(7)16-11/h3-5,9-10H,1-2H3. The molecule has 1 aromatic rings. The van der Waals surface area contributed by atoms with Crippen LogP contribution in [-0.4, -0.2) is 16.6 Å². The average molecular weight is 221 g/mol. The molecule has 0 spiro atoms. The third-order valence-corrected chi connectivity index (χ3v) is 3.06. The van der Waals surface area contributed by atoms with Crippen LogP contribution in [0.1, 0.15) is 25.5 Å². The molecule has 0 radical (unpaired) electrons. The maximum Gasteiger partial charge on any atom is 0.270 e. The first-order chi connectivity index (χ1) is 7.49. The number of hydrogen-bond donors (Lipinski definition) is 0. The molecule has 0 amide bonds. The normalized spacial score (nSPS) is 28.6. The number of fused-ring (bicyclic) bond motifs is 3. The van der Waals surface area contributed by atoms with E-state index >= 15 is 0 Å². The zero-order chi connectivity index (χ0) is 11.5. The van der Waals surface area contributed by atoms with E-state index in [0.29, 0.717) is 5.75 Å². The molecule has 0 N–H and O–H groups in total. The first kappa shape index (κ1) is 9.59. The second-order valence-electron chi connectivity index (χ2n) is 4.66. The Balaban J connectivity index is 2.06. The molecule has 16 heavy (non-hydrogen) atoms. The Morgan fingerprint density at radius 1 is 1.44 bits per heavy atom. The van der Waals surface area contributed by atoms with E-state index in [2.05, 4.69) is 0 Å². The van der Waals surface area contributed by atoms with Crippen LogP contribution in [0.3, 0.4) is 0 Å². The summed E-state index contributed by atoms with van der Waals surface area (Å²) in [7, 11) is 0.